The minimum Gasteiger partial charge on any atom is -0.461 e. The molecule has 1 aliphatic rings. The fourth-order valence-electron chi connectivity index (χ4n) is 1.59. The van der Waals surface area contributed by atoms with E-state index < -0.39 is 12.3 Å². The van der Waals surface area contributed by atoms with Gasteiger partial charge in [0.25, 0.3) is 0 Å². The summed E-state index contributed by atoms with van der Waals surface area (Å²) in [7, 11) is 1.60. The average molecular weight is 232 g/mol. The van der Waals surface area contributed by atoms with Crippen molar-refractivity contribution < 1.29 is 17.9 Å². The molecule has 0 spiro atoms. The van der Waals surface area contributed by atoms with Crippen molar-refractivity contribution in [1.82, 2.24) is 4.98 Å². The zero-order chi connectivity index (χ0) is 11.9. The molecule has 0 unspecified atom stereocenters. The smallest absolute Gasteiger partial charge is 0.427 e. The summed E-state index contributed by atoms with van der Waals surface area (Å²) >= 11 is 0. The molecular formula is C10H11F3N2O. The van der Waals surface area contributed by atoms with Crippen LogP contribution in [0.25, 0.3) is 0 Å². The molecule has 0 N–H and O–H groups in total. The zero-order valence-corrected chi connectivity index (χ0v) is 8.88. The predicted molar refractivity (Wildman–Crippen MR) is 52.7 cm³/mol. The molecule has 0 aliphatic carbocycles. The fraction of sp³-hybridized carbons (Fsp3) is 0.500. The first kappa shape index (κ1) is 11.0. The highest BCUT2D eigenvalue weighted by molar-refractivity contribution is 5.57. The first-order chi connectivity index (χ1) is 7.38. The van der Waals surface area contributed by atoms with Gasteiger partial charge in [0.05, 0.1) is 6.54 Å². The van der Waals surface area contributed by atoms with E-state index in [9.17, 15) is 13.2 Å². The Balaban J connectivity index is 2.34. The van der Waals surface area contributed by atoms with Crippen LogP contribution in [0.2, 0.25) is 0 Å². The van der Waals surface area contributed by atoms with Gasteiger partial charge in [-0.25, -0.2) is 4.98 Å². The molecule has 1 atom stereocenters. The van der Waals surface area contributed by atoms with Gasteiger partial charge >= 0.3 is 6.18 Å². The van der Waals surface area contributed by atoms with Crippen LogP contribution >= 0.6 is 0 Å². The summed E-state index contributed by atoms with van der Waals surface area (Å²) in [6.45, 7) is 1.62. The van der Waals surface area contributed by atoms with Gasteiger partial charge in [-0.05, 0) is 18.6 Å². The second-order valence-corrected chi connectivity index (χ2v) is 3.87. The molecule has 0 bridgehead atoms. The molecule has 2 rings (SSSR count). The third kappa shape index (κ3) is 1.91. The minimum absolute atomic E-state index is 0.0432. The Labute approximate surface area is 90.8 Å². The van der Waals surface area contributed by atoms with Gasteiger partial charge in [0, 0.05) is 13.2 Å². The van der Waals surface area contributed by atoms with Crippen molar-refractivity contribution in [2.24, 2.45) is 0 Å². The Kier molecular flexibility index (Phi) is 2.44. The van der Waals surface area contributed by atoms with Gasteiger partial charge in [0.15, 0.2) is 0 Å². The maximum atomic E-state index is 12.5. The Morgan fingerprint density at radius 1 is 1.50 bits per heavy atom. The second-order valence-electron chi connectivity index (χ2n) is 3.87. The molecule has 0 fully saturated rings. The molecule has 1 aliphatic heterocycles. The van der Waals surface area contributed by atoms with E-state index in [-0.39, 0.29) is 12.4 Å². The molecule has 0 radical (unpaired) electrons. The molecule has 3 nitrogen and oxygen atoms in total. The Morgan fingerprint density at radius 2 is 2.19 bits per heavy atom. The van der Waals surface area contributed by atoms with E-state index in [1.165, 1.54) is 11.1 Å². The summed E-state index contributed by atoms with van der Waals surface area (Å²) < 4.78 is 42.4. The minimum atomic E-state index is -4.36. The van der Waals surface area contributed by atoms with Gasteiger partial charge in [-0.15, -0.1) is 0 Å². The van der Waals surface area contributed by atoms with E-state index in [1.54, 1.807) is 13.1 Å². The molecule has 0 saturated heterocycles. The molecule has 88 valence electrons. The molecule has 1 aromatic heterocycles. The lowest BCUT2D eigenvalue weighted by Crippen LogP contribution is -2.47. The second kappa shape index (κ2) is 3.54. The number of anilines is 1. The normalized spacial score (nSPS) is 20.3. The topological polar surface area (TPSA) is 25.4 Å². The first-order valence-corrected chi connectivity index (χ1v) is 4.79. The van der Waals surface area contributed by atoms with E-state index in [0.717, 1.165) is 5.56 Å². The van der Waals surface area contributed by atoms with Crippen molar-refractivity contribution in [2.75, 3.05) is 18.5 Å². The van der Waals surface area contributed by atoms with Crippen LogP contribution in [0.15, 0.2) is 12.3 Å². The summed E-state index contributed by atoms with van der Waals surface area (Å²) in [6.07, 6.45) is -4.68. The fourth-order valence-corrected chi connectivity index (χ4v) is 1.59. The van der Waals surface area contributed by atoms with Crippen molar-refractivity contribution >= 4 is 5.69 Å². The monoisotopic (exact) mass is 232 g/mol. The Morgan fingerprint density at radius 3 is 2.81 bits per heavy atom. The number of aryl methyl sites for hydroxylation is 1. The molecule has 1 aromatic rings. The van der Waals surface area contributed by atoms with Crippen LogP contribution in [0.5, 0.6) is 5.88 Å². The lowest BCUT2D eigenvalue weighted by Gasteiger charge is -2.33. The van der Waals surface area contributed by atoms with Crippen molar-refractivity contribution in [3.8, 4) is 5.88 Å². The Bertz CT molecular complexity index is 406. The van der Waals surface area contributed by atoms with E-state index in [0.29, 0.717) is 5.69 Å². The van der Waals surface area contributed by atoms with Crippen LogP contribution < -0.4 is 9.64 Å². The number of fused-ring (bicyclic) bond motifs is 1. The first-order valence-electron chi connectivity index (χ1n) is 4.79. The van der Waals surface area contributed by atoms with Crippen LogP contribution in [0.3, 0.4) is 0 Å². The summed E-state index contributed by atoms with van der Waals surface area (Å²) in [4.78, 5) is 5.38. The standard InChI is InChI=1S/C10H11F3N2O/c1-6-3-7-9(14-4-6)16-8(5-15(7)2)10(11,12)13/h3-4,8H,5H2,1-2H3/t8-/m1/s1. The maximum Gasteiger partial charge on any atom is 0.427 e. The zero-order valence-electron chi connectivity index (χ0n) is 8.88. The number of halogens is 3. The average Bonchev–Trinajstić information content (AvgIpc) is 2.17. The van der Waals surface area contributed by atoms with Crippen LogP contribution in [0.4, 0.5) is 18.9 Å². The van der Waals surface area contributed by atoms with Crippen molar-refractivity contribution in [3.05, 3.63) is 17.8 Å². The molecule has 0 aromatic carbocycles. The lowest BCUT2D eigenvalue weighted by atomic mass is 10.2. The number of ether oxygens (including phenoxy) is 1. The van der Waals surface area contributed by atoms with Gasteiger partial charge in [-0.3, -0.25) is 0 Å². The number of rotatable bonds is 0. The highest BCUT2D eigenvalue weighted by Gasteiger charge is 2.45. The number of pyridine rings is 1. The van der Waals surface area contributed by atoms with Gasteiger partial charge in [0.2, 0.25) is 12.0 Å². The summed E-state index contributed by atoms with van der Waals surface area (Å²) in [6, 6.07) is 1.76. The van der Waals surface area contributed by atoms with Crippen LogP contribution in [-0.2, 0) is 0 Å². The molecule has 0 saturated carbocycles. The number of aromatic nitrogens is 1. The quantitative estimate of drug-likeness (QED) is 0.685. The summed E-state index contributed by atoms with van der Waals surface area (Å²) in [5.41, 5.74) is 1.49. The number of hydrogen-bond acceptors (Lipinski definition) is 3. The summed E-state index contributed by atoms with van der Waals surface area (Å²) in [5.74, 6) is 0.0432. The molecule has 16 heavy (non-hydrogen) atoms. The molecule has 2 heterocycles. The van der Waals surface area contributed by atoms with E-state index in [2.05, 4.69) is 4.98 Å². The molecule has 6 heteroatoms. The highest BCUT2D eigenvalue weighted by Crippen LogP contribution is 2.35. The third-order valence-electron chi connectivity index (χ3n) is 2.44. The number of nitrogens with zero attached hydrogens (tertiary/aromatic N) is 2. The van der Waals surface area contributed by atoms with E-state index >= 15 is 0 Å². The van der Waals surface area contributed by atoms with Crippen LogP contribution in [-0.4, -0.2) is 30.9 Å². The van der Waals surface area contributed by atoms with Crippen LogP contribution in [0.1, 0.15) is 5.56 Å². The number of likely N-dealkylation sites (N-methyl/N-ethyl adjacent to an activating group) is 1. The van der Waals surface area contributed by atoms with E-state index in [4.69, 9.17) is 4.74 Å². The van der Waals surface area contributed by atoms with Gasteiger partial charge in [-0.2, -0.15) is 13.2 Å². The largest absolute Gasteiger partial charge is 0.461 e. The molecule has 0 amide bonds. The van der Waals surface area contributed by atoms with Crippen LogP contribution in [0, 0.1) is 6.92 Å². The third-order valence-corrected chi connectivity index (χ3v) is 2.44. The van der Waals surface area contributed by atoms with Crippen molar-refractivity contribution in [3.63, 3.8) is 0 Å². The SMILES string of the molecule is Cc1cnc2c(c1)N(C)C[C@H](C(F)(F)F)O2. The Hall–Kier alpha value is -1.46. The highest BCUT2D eigenvalue weighted by atomic mass is 19.4. The predicted octanol–water partition coefficient (Wildman–Crippen LogP) is 2.15. The van der Waals surface area contributed by atoms with Gasteiger partial charge < -0.3 is 9.64 Å². The molecular weight excluding hydrogens is 221 g/mol. The number of alkyl halides is 3. The van der Waals surface area contributed by atoms with Crippen molar-refractivity contribution in [1.29, 1.82) is 0 Å². The summed E-state index contributed by atoms with van der Waals surface area (Å²) in [5, 5.41) is 0. The van der Waals surface area contributed by atoms with Gasteiger partial charge in [0.1, 0.15) is 5.69 Å². The van der Waals surface area contributed by atoms with Gasteiger partial charge in [-0.1, -0.05) is 0 Å². The maximum absolute atomic E-state index is 12.5. The lowest BCUT2D eigenvalue weighted by molar-refractivity contribution is -0.194. The van der Waals surface area contributed by atoms with Crippen molar-refractivity contribution in [2.45, 2.75) is 19.2 Å². The number of hydrogen-bond donors (Lipinski definition) is 0. The van der Waals surface area contributed by atoms with E-state index in [1.807, 2.05) is 6.92 Å².